The fraction of sp³-hybridized carbons (Fsp3) is 0.302. The summed E-state index contributed by atoms with van der Waals surface area (Å²) in [6.07, 6.45) is 12.5. The molecular weight excluding hydrogens is 647 g/mol. The standard InChI is InChI=1S/C43H47N7O2/c1-28(51)10-9-18-44-25-33-23-35-16-20-46-40(41(35)48-27-33)24-34-12-7-13-37(29(34)2)38-14-8-15-39(30(38)3)50-43-42-36(17-21-47-43)22-32(26-49-42)11-5-6-19-45-31(4)52/h7-8,12-17,20-23,26-27,44H,5-6,9-11,18-19,24-25H2,1-4H3,(H,45,52)(H,47,50). The summed E-state index contributed by atoms with van der Waals surface area (Å²) < 4.78 is 0. The molecule has 3 N–H and O–H groups in total. The van der Waals surface area contributed by atoms with Crippen LogP contribution in [0.15, 0.2) is 85.5 Å². The van der Waals surface area contributed by atoms with Crippen LogP contribution in [0.4, 0.5) is 11.5 Å². The lowest BCUT2D eigenvalue weighted by molar-refractivity contribution is -0.119. The number of carbonyl (C=O) groups excluding carboxylic acids is 2. The number of aryl methyl sites for hydroxylation is 1. The van der Waals surface area contributed by atoms with Gasteiger partial charge in [0.15, 0.2) is 5.82 Å². The molecule has 0 bridgehead atoms. The number of hydrogen-bond donors (Lipinski definition) is 3. The van der Waals surface area contributed by atoms with Crippen molar-refractivity contribution in [3.05, 3.63) is 119 Å². The van der Waals surface area contributed by atoms with Crippen LogP contribution in [0.25, 0.3) is 32.9 Å². The second-order valence-corrected chi connectivity index (χ2v) is 13.5. The van der Waals surface area contributed by atoms with E-state index in [0.717, 1.165) is 87.9 Å². The van der Waals surface area contributed by atoms with Gasteiger partial charge < -0.3 is 20.7 Å². The van der Waals surface area contributed by atoms with Gasteiger partial charge in [-0.2, -0.15) is 0 Å². The molecule has 52 heavy (non-hydrogen) atoms. The third kappa shape index (κ3) is 9.03. The summed E-state index contributed by atoms with van der Waals surface area (Å²) in [5.74, 6) is 0.958. The number of pyridine rings is 4. The Hall–Kier alpha value is -5.54. The maximum atomic E-state index is 11.2. The van der Waals surface area contributed by atoms with E-state index in [9.17, 15) is 9.59 Å². The van der Waals surface area contributed by atoms with Crippen LogP contribution in [0, 0.1) is 13.8 Å². The molecule has 9 heteroatoms. The molecule has 0 saturated heterocycles. The van der Waals surface area contributed by atoms with Crippen molar-refractivity contribution >= 4 is 45.0 Å². The van der Waals surface area contributed by atoms with Crippen molar-refractivity contribution in [2.24, 2.45) is 0 Å². The number of anilines is 2. The zero-order chi connectivity index (χ0) is 36.5. The van der Waals surface area contributed by atoms with Gasteiger partial charge in [0.05, 0.1) is 11.2 Å². The van der Waals surface area contributed by atoms with Gasteiger partial charge in [-0.25, -0.2) is 4.98 Å². The number of hydrogen-bond acceptors (Lipinski definition) is 8. The first kappa shape index (κ1) is 36.3. The molecule has 6 rings (SSSR count). The number of Topliss-reactive ketones (excluding diaryl/α,β-unsaturated/α-hetero) is 1. The van der Waals surface area contributed by atoms with E-state index in [1.165, 1.54) is 22.3 Å². The van der Waals surface area contributed by atoms with E-state index in [0.29, 0.717) is 25.9 Å². The summed E-state index contributed by atoms with van der Waals surface area (Å²) in [7, 11) is 0. The first-order chi connectivity index (χ1) is 25.3. The minimum absolute atomic E-state index is 0.00967. The van der Waals surface area contributed by atoms with Gasteiger partial charge in [0.1, 0.15) is 11.3 Å². The maximum Gasteiger partial charge on any atom is 0.216 e. The number of aromatic nitrogens is 4. The van der Waals surface area contributed by atoms with Crippen LogP contribution in [0.1, 0.15) is 73.0 Å². The summed E-state index contributed by atoms with van der Waals surface area (Å²) in [5, 5.41) is 12.0. The summed E-state index contributed by atoms with van der Waals surface area (Å²) >= 11 is 0. The molecule has 6 aromatic rings. The van der Waals surface area contributed by atoms with Crippen LogP contribution < -0.4 is 16.0 Å². The summed E-state index contributed by atoms with van der Waals surface area (Å²) in [5.41, 5.74) is 11.8. The number of amides is 1. The van der Waals surface area contributed by atoms with E-state index < -0.39 is 0 Å². The molecule has 9 nitrogen and oxygen atoms in total. The molecule has 0 aliphatic carbocycles. The predicted molar refractivity (Wildman–Crippen MR) is 210 cm³/mol. The lowest BCUT2D eigenvalue weighted by atomic mass is 9.91. The van der Waals surface area contributed by atoms with E-state index in [4.69, 9.17) is 15.0 Å². The number of benzene rings is 2. The number of unbranched alkanes of at least 4 members (excludes halogenated alkanes) is 1. The molecule has 0 aliphatic rings. The Balaban J connectivity index is 1.18. The Morgan fingerprint density at radius 2 is 1.42 bits per heavy atom. The number of rotatable bonds is 16. The van der Waals surface area contributed by atoms with Gasteiger partial charge in [0, 0.05) is 74.1 Å². The van der Waals surface area contributed by atoms with Crippen molar-refractivity contribution in [2.75, 3.05) is 18.4 Å². The topological polar surface area (TPSA) is 122 Å². The first-order valence-corrected chi connectivity index (χ1v) is 18.1. The van der Waals surface area contributed by atoms with Crippen LogP contribution >= 0.6 is 0 Å². The van der Waals surface area contributed by atoms with Crippen LogP contribution in [0.5, 0.6) is 0 Å². The minimum atomic E-state index is 0.00967. The number of ketones is 1. The van der Waals surface area contributed by atoms with Gasteiger partial charge >= 0.3 is 0 Å². The molecule has 0 unspecified atom stereocenters. The Kier molecular flexibility index (Phi) is 11.9. The number of carbonyl (C=O) groups is 2. The van der Waals surface area contributed by atoms with Gasteiger partial charge in [-0.05, 0) is 122 Å². The highest BCUT2D eigenvalue weighted by atomic mass is 16.1. The summed E-state index contributed by atoms with van der Waals surface area (Å²) in [6.45, 7) is 9.72. The molecule has 0 atom stereocenters. The normalized spacial score (nSPS) is 11.2. The molecule has 0 spiro atoms. The van der Waals surface area contributed by atoms with Gasteiger partial charge in [0.25, 0.3) is 0 Å². The van der Waals surface area contributed by atoms with Gasteiger partial charge in [0.2, 0.25) is 5.91 Å². The average Bonchev–Trinajstić information content (AvgIpc) is 3.13. The Labute approximate surface area is 305 Å². The van der Waals surface area contributed by atoms with E-state index >= 15 is 0 Å². The average molecular weight is 694 g/mol. The van der Waals surface area contributed by atoms with Crippen molar-refractivity contribution in [1.82, 2.24) is 30.6 Å². The van der Waals surface area contributed by atoms with E-state index in [1.807, 2.05) is 36.9 Å². The lowest BCUT2D eigenvalue weighted by Crippen LogP contribution is -2.20. The molecule has 0 aliphatic heterocycles. The predicted octanol–water partition coefficient (Wildman–Crippen LogP) is 8.11. The molecule has 1 amide bonds. The van der Waals surface area contributed by atoms with Crippen molar-refractivity contribution in [3.8, 4) is 11.1 Å². The van der Waals surface area contributed by atoms with E-state index in [2.05, 4.69) is 83.3 Å². The second kappa shape index (κ2) is 17.1. The van der Waals surface area contributed by atoms with Gasteiger partial charge in [-0.3, -0.25) is 19.7 Å². The number of fused-ring (bicyclic) bond motifs is 2. The molecule has 4 heterocycles. The Morgan fingerprint density at radius 3 is 2.23 bits per heavy atom. The fourth-order valence-electron chi connectivity index (χ4n) is 6.68. The Bertz CT molecular complexity index is 2060. The van der Waals surface area contributed by atoms with Crippen molar-refractivity contribution in [2.45, 2.75) is 72.8 Å². The zero-order valence-electron chi connectivity index (χ0n) is 30.6. The highest BCUT2D eigenvalue weighted by Gasteiger charge is 2.15. The lowest BCUT2D eigenvalue weighted by Gasteiger charge is -2.17. The monoisotopic (exact) mass is 693 g/mol. The largest absolute Gasteiger partial charge is 0.356 e. The fourth-order valence-corrected chi connectivity index (χ4v) is 6.68. The van der Waals surface area contributed by atoms with Crippen molar-refractivity contribution in [3.63, 3.8) is 0 Å². The summed E-state index contributed by atoms with van der Waals surface area (Å²) in [4.78, 5) is 41.4. The molecule has 2 aromatic carbocycles. The molecule has 0 radical (unpaired) electrons. The molecule has 4 aromatic heterocycles. The number of nitrogens with zero attached hydrogens (tertiary/aromatic N) is 4. The van der Waals surface area contributed by atoms with Crippen molar-refractivity contribution < 1.29 is 9.59 Å². The van der Waals surface area contributed by atoms with Crippen LogP contribution in [-0.4, -0.2) is 44.7 Å². The highest BCUT2D eigenvalue weighted by molar-refractivity contribution is 5.91. The SMILES string of the molecule is CC(=O)CCCNCc1cnc2c(Cc3cccc(-c4cccc(Nc5nccc6cc(CCCCNC(C)=O)cnc56)c4C)c3C)nccc2c1. The highest BCUT2D eigenvalue weighted by Crippen LogP contribution is 2.35. The van der Waals surface area contributed by atoms with E-state index in [-0.39, 0.29) is 11.7 Å². The molecule has 266 valence electrons. The van der Waals surface area contributed by atoms with Crippen LogP contribution in [0.3, 0.4) is 0 Å². The van der Waals surface area contributed by atoms with Gasteiger partial charge in [-0.1, -0.05) is 30.3 Å². The number of nitrogens with one attached hydrogen (secondary N) is 3. The third-order valence-corrected chi connectivity index (χ3v) is 9.55. The minimum Gasteiger partial charge on any atom is -0.356 e. The van der Waals surface area contributed by atoms with Crippen molar-refractivity contribution in [1.29, 1.82) is 0 Å². The quantitative estimate of drug-likeness (QED) is 0.0870. The first-order valence-electron chi connectivity index (χ1n) is 18.1. The third-order valence-electron chi connectivity index (χ3n) is 9.55. The van der Waals surface area contributed by atoms with Gasteiger partial charge in [-0.15, -0.1) is 0 Å². The maximum absolute atomic E-state index is 11.2. The smallest absolute Gasteiger partial charge is 0.216 e. The summed E-state index contributed by atoms with van der Waals surface area (Å²) in [6, 6.07) is 21.2. The zero-order valence-corrected chi connectivity index (χ0v) is 30.6. The molecule has 0 saturated carbocycles. The van der Waals surface area contributed by atoms with Crippen LogP contribution in [0.2, 0.25) is 0 Å². The molecular formula is C43H47N7O2. The second-order valence-electron chi connectivity index (χ2n) is 13.5. The van der Waals surface area contributed by atoms with Crippen LogP contribution in [-0.2, 0) is 29.0 Å². The Morgan fingerprint density at radius 1 is 0.712 bits per heavy atom. The molecule has 0 fully saturated rings. The van der Waals surface area contributed by atoms with E-state index in [1.54, 1.807) is 13.8 Å².